The van der Waals surface area contributed by atoms with Crippen molar-refractivity contribution in [3.05, 3.63) is 71.3 Å². The minimum absolute atomic E-state index is 0.115. The molecule has 24 heavy (non-hydrogen) atoms. The molecule has 0 fully saturated rings. The first kappa shape index (κ1) is 18.3. The van der Waals surface area contributed by atoms with Crippen molar-refractivity contribution < 1.29 is 4.79 Å². The lowest BCUT2D eigenvalue weighted by molar-refractivity contribution is -0.131. The van der Waals surface area contributed by atoms with Crippen molar-refractivity contribution in [2.75, 3.05) is 13.1 Å². The van der Waals surface area contributed by atoms with E-state index in [1.165, 1.54) is 5.56 Å². The molecule has 0 aliphatic rings. The standard InChI is InChI=1S/C22H29NO/c1-6-23(7-2)21(24)20(17-11-9-8-10-12-17)18-13-15-19(16-14-18)22(3,4)5/h8-16,20H,6-7H2,1-5H3. The molecule has 0 heterocycles. The molecule has 0 saturated heterocycles. The average molecular weight is 323 g/mol. The minimum atomic E-state index is -0.236. The molecule has 0 aliphatic heterocycles. The summed E-state index contributed by atoms with van der Waals surface area (Å²) in [5.74, 6) is -0.0603. The monoisotopic (exact) mass is 323 g/mol. The highest BCUT2D eigenvalue weighted by Gasteiger charge is 2.26. The molecular formula is C22H29NO. The number of amides is 1. The Bertz CT molecular complexity index is 649. The molecule has 2 rings (SSSR count). The summed E-state index contributed by atoms with van der Waals surface area (Å²) in [5.41, 5.74) is 3.52. The molecule has 0 aromatic heterocycles. The van der Waals surface area contributed by atoms with Crippen LogP contribution in [0, 0.1) is 0 Å². The molecule has 0 bridgehead atoms. The second kappa shape index (κ2) is 7.65. The summed E-state index contributed by atoms with van der Waals surface area (Å²) in [6.45, 7) is 12.2. The number of carbonyl (C=O) groups is 1. The molecular weight excluding hydrogens is 294 g/mol. The van der Waals surface area contributed by atoms with Crippen LogP contribution in [0.25, 0.3) is 0 Å². The first-order chi connectivity index (χ1) is 11.4. The topological polar surface area (TPSA) is 20.3 Å². The van der Waals surface area contributed by atoms with E-state index in [4.69, 9.17) is 0 Å². The van der Waals surface area contributed by atoms with Gasteiger partial charge in [-0.2, -0.15) is 0 Å². The Morgan fingerprint density at radius 2 is 1.38 bits per heavy atom. The number of rotatable bonds is 5. The summed E-state index contributed by atoms with van der Waals surface area (Å²) in [4.78, 5) is 15.0. The van der Waals surface area contributed by atoms with Gasteiger partial charge < -0.3 is 4.90 Å². The van der Waals surface area contributed by atoms with Crippen LogP contribution in [0.5, 0.6) is 0 Å². The lowest BCUT2D eigenvalue weighted by Crippen LogP contribution is -2.35. The van der Waals surface area contributed by atoms with Crippen molar-refractivity contribution in [3.8, 4) is 0 Å². The Morgan fingerprint density at radius 1 is 0.875 bits per heavy atom. The molecule has 128 valence electrons. The highest BCUT2D eigenvalue weighted by atomic mass is 16.2. The molecule has 2 aromatic carbocycles. The maximum atomic E-state index is 13.1. The second-order valence-electron chi connectivity index (χ2n) is 7.23. The van der Waals surface area contributed by atoms with Crippen molar-refractivity contribution >= 4 is 5.91 Å². The maximum Gasteiger partial charge on any atom is 0.234 e. The highest BCUT2D eigenvalue weighted by molar-refractivity contribution is 5.87. The normalized spacial score (nSPS) is 12.7. The second-order valence-corrected chi connectivity index (χ2v) is 7.23. The van der Waals surface area contributed by atoms with Gasteiger partial charge in [-0.25, -0.2) is 0 Å². The Hall–Kier alpha value is -2.09. The number of carbonyl (C=O) groups excluding carboxylic acids is 1. The maximum absolute atomic E-state index is 13.1. The molecule has 0 radical (unpaired) electrons. The summed E-state index contributed by atoms with van der Waals surface area (Å²) in [6.07, 6.45) is 0. The van der Waals surface area contributed by atoms with Gasteiger partial charge in [-0.15, -0.1) is 0 Å². The smallest absolute Gasteiger partial charge is 0.234 e. The van der Waals surface area contributed by atoms with Crippen LogP contribution in [0.2, 0.25) is 0 Å². The van der Waals surface area contributed by atoms with Gasteiger partial charge in [0.2, 0.25) is 5.91 Å². The molecule has 0 spiro atoms. The van der Waals surface area contributed by atoms with Crippen molar-refractivity contribution in [1.29, 1.82) is 0 Å². The number of hydrogen-bond acceptors (Lipinski definition) is 1. The van der Waals surface area contributed by atoms with E-state index in [-0.39, 0.29) is 17.2 Å². The average Bonchev–Trinajstić information content (AvgIpc) is 2.57. The summed E-state index contributed by atoms with van der Waals surface area (Å²) in [5, 5.41) is 0. The first-order valence-electron chi connectivity index (χ1n) is 8.82. The zero-order valence-electron chi connectivity index (χ0n) is 15.5. The zero-order valence-corrected chi connectivity index (χ0v) is 15.5. The van der Waals surface area contributed by atoms with Gasteiger partial charge in [0.25, 0.3) is 0 Å². The molecule has 0 saturated carbocycles. The van der Waals surface area contributed by atoms with E-state index in [1.807, 2.05) is 49.1 Å². The third kappa shape index (κ3) is 4.05. The van der Waals surface area contributed by atoms with Gasteiger partial charge in [0, 0.05) is 13.1 Å². The SMILES string of the molecule is CCN(CC)C(=O)C(c1ccccc1)c1ccc(C(C)(C)C)cc1. The molecule has 0 aliphatic carbocycles. The third-order valence-electron chi connectivity index (χ3n) is 4.57. The molecule has 1 atom stereocenters. The van der Waals surface area contributed by atoms with Crippen molar-refractivity contribution in [3.63, 3.8) is 0 Å². The van der Waals surface area contributed by atoms with Crippen LogP contribution in [0.3, 0.4) is 0 Å². The number of likely N-dealkylation sites (N-methyl/N-ethyl adjacent to an activating group) is 1. The van der Waals surface area contributed by atoms with E-state index >= 15 is 0 Å². The van der Waals surface area contributed by atoms with E-state index in [9.17, 15) is 4.79 Å². The van der Waals surface area contributed by atoms with Gasteiger partial charge >= 0.3 is 0 Å². The summed E-state index contributed by atoms with van der Waals surface area (Å²) >= 11 is 0. The van der Waals surface area contributed by atoms with E-state index in [0.717, 1.165) is 24.2 Å². The van der Waals surface area contributed by atoms with Crippen LogP contribution in [0.15, 0.2) is 54.6 Å². The predicted octanol–water partition coefficient (Wildman–Crippen LogP) is 4.98. The molecule has 2 heteroatoms. The fraction of sp³-hybridized carbons (Fsp3) is 0.409. The van der Waals surface area contributed by atoms with Gasteiger partial charge in [-0.3, -0.25) is 4.79 Å². The van der Waals surface area contributed by atoms with Gasteiger partial charge in [0.05, 0.1) is 5.92 Å². The van der Waals surface area contributed by atoms with Crippen LogP contribution in [0.1, 0.15) is 57.2 Å². The molecule has 1 amide bonds. The Morgan fingerprint density at radius 3 is 1.83 bits per heavy atom. The van der Waals surface area contributed by atoms with Gasteiger partial charge in [-0.1, -0.05) is 75.4 Å². The largest absolute Gasteiger partial charge is 0.342 e. The summed E-state index contributed by atoms with van der Waals surface area (Å²) in [6, 6.07) is 18.6. The first-order valence-corrected chi connectivity index (χ1v) is 8.82. The highest BCUT2D eigenvalue weighted by Crippen LogP contribution is 2.29. The van der Waals surface area contributed by atoms with Crippen LogP contribution < -0.4 is 0 Å². The fourth-order valence-corrected chi connectivity index (χ4v) is 3.02. The van der Waals surface area contributed by atoms with Crippen molar-refractivity contribution in [2.24, 2.45) is 0 Å². The van der Waals surface area contributed by atoms with E-state index in [0.29, 0.717) is 0 Å². The van der Waals surface area contributed by atoms with Crippen molar-refractivity contribution in [1.82, 2.24) is 4.90 Å². The molecule has 2 aromatic rings. The lowest BCUT2D eigenvalue weighted by atomic mass is 9.84. The van der Waals surface area contributed by atoms with Crippen molar-refractivity contribution in [2.45, 2.75) is 46.0 Å². The predicted molar refractivity (Wildman–Crippen MR) is 101 cm³/mol. The number of benzene rings is 2. The van der Waals surface area contributed by atoms with Crippen LogP contribution in [-0.4, -0.2) is 23.9 Å². The Kier molecular flexibility index (Phi) is 5.82. The third-order valence-corrected chi connectivity index (χ3v) is 4.57. The quantitative estimate of drug-likeness (QED) is 0.759. The number of hydrogen-bond donors (Lipinski definition) is 0. The summed E-state index contributed by atoms with van der Waals surface area (Å²) in [7, 11) is 0. The lowest BCUT2D eigenvalue weighted by Gasteiger charge is -2.26. The molecule has 2 nitrogen and oxygen atoms in total. The zero-order chi connectivity index (χ0) is 17.7. The Balaban J connectivity index is 2.45. The summed E-state index contributed by atoms with van der Waals surface area (Å²) < 4.78 is 0. The van der Waals surface area contributed by atoms with Gasteiger partial charge in [-0.05, 0) is 36.0 Å². The van der Waals surface area contributed by atoms with E-state index < -0.39 is 0 Å². The Labute approximate surface area is 146 Å². The van der Waals surface area contributed by atoms with Gasteiger partial charge in [0.1, 0.15) is 0 Å². The van der Waals surface area contributed by atoms with Crippen LogP contribution in [0.4, 0.5) is 0 Å². The fourth-order valence-electron chi connectivity index (χ4n) is 3.02. The molecule has 1 unspecified atom stereocenters. The molecule has 0 N–H and O–H groups in total. The van der Waals surface area contributed by atoms with Crippen LogP contribution in [-0.2, 0) is 10.2 Å². The number of nitrogens with zero attached hydrogens (tertiary/aromatic N) is 1. The van der Waals surface area contributed by atoms with E-state index in [1.54, 1.807) is 0 Å². The van der Waals surface area contributed by atoms with Crippen LogP contribution >= 0.6 is 0 Å². The minimum Gasteiger partial charge on any atom is -0.342 e. The van der Waals surface area contributed by atoms with Gasteiger partial charge in [0.15, 0.2) is 0 Å². The van der Waals surface area contributed by atoms with E-state index in [2.05, 4.69) is 45.0 Å².